The van der Waals surface area contributed by atoms with Gasteiger partial charge in [0.05, 0.1) is 23.3 Å². The largest absolute Gasteiger partial charge is 0.484 e. The average Bonchev–Trinajstić information content (AvgIpc) is 3.47. The maximum absolute atomic E-state index is 14.6. The number of likely N-dealkylation sites (tertiary alicyclic amines) is 1. The average molecular weight is 488 g/mol. The highest BCUT2D eigenvalue weighted by Gasteiger charge is 2.45. The van der Waals surface area contributed by atoms with Gasteiger partial charge in [-0.05, 0) is 36.8 Å². The zero-order valence-electron chi connectivity index (χ0n) is 18.3. The summed E-state index contributed by atoms with van der Waals surface area (Å²) in [6, 6.07) is 5.96. The van der Waals surface area contributed by atoms with Gasteiger partial charge in [-0.25, -0.2) is 28.1 Å². The SMILES string of the molecule is C=CC(=O)N1C[C@@H]2C[C@H]1CN2c1ccc2ncnc(Nc3ccc(OCC(F)F)c(F)c3F)c2n1. The molecule has 4 heterocycles. The number of hydrogen-bond donors (Lipinski definition) is 1. The van der Waals surface area contributed by atoms with Gasteiger partial charge in [0.15, 0.2) is 17.4 Å². The maximum Gasteiger partial charge on any atom is 0.272 e. The molecule has 0 unspecified atom stereocenters. The van der Waals surface area contributed by atoms with Gasteiger partial charge in [0.1, 0.15) is 24.3 Å². The Morgan fingerprint density at radius 1 is 1.17 bits per heavy atom. The third-order valence-electron chi connectivity index (χ3n) is 6.12. The van der Waals surface area contributed by atoms with Gasteiger partial charge >= 0.3 is 0 Å². The van der Waals surface area contributed by atoms with Crippen LogP contribution in [0.3, 0.4) is 0 Å². The van der Waals surface area contributed by atoms with Gasteiger partial charge in [-0.2, -0.15) is 4.39 Å². The third kappa shape index (κ3) is 4.19. The summed E-state index contributed by atoms with van der Waals surface area (Å²) in [5.74, 6) is -2.61. The number of hydrogen-bond acceptors (Lipinski definition) is 7. The van der Waals surface area contributed by atoms with Gasteiger partial charge in [0.2, 0.25) is 11.7 Å². The molecule has 12 heteroatoms. The van der Waals surface area contributed by atoms with Gasteiger partial charge in [-0.3, -0.25) is 4.79 Å². The van der Waals surface area contributed by atoms with Crippen LogP contribution in [0.4, 0.5) is 34.9 Å². The van der Waals surface area contributed by atoms with Crippen molar-refractivity contribution in [3.05, 3.63) is 54.9 Å². The van der Waals surface area contributed by atoms with Crippen molar-refractivity contribution in [3.63, 3.8) is 0 Å². The number of ether oxygens (including phenoxy) is 1. The maximum atomic E-state index is 14.6. The Labute approximate surface area is 197 Å². The molecule has 35 heavy (non-hydrogen) atoms. The number of rotatable bonds is 7. The van der Waals surface area contributed by atoms with Crippen molar-refractivity contribution in [2.75, 3.05) is 29.9 Å². The summed E-state index contributed by atoms with van der Waals surface area (Å²) in [6.07, 6.45) is 0.574. The highest BCUT2D eigenvalue weighted by Crippen LogP contribution is 2.35. The van der Waals surface area contributed by atoms with Gasteiger partial charge < -0.3 is 19.9 Å². The number of nitrogens with zero attached hydrogens (tertiary/aromatic N) is 5. The highest BCUT2D eigenvalue weighted by molar-refractivity contribution is 5.89. The van der Waals surface area contributed by atoms with Gasteiger partial charge in [0.25, 0.3) is 6.43 Å². The Bertz CT molecular complexity index is 1310. The van der Waals surface area contributed by atoms with E-state index in [4.69, 9.17) is 0 Å². The Kier molecular flexibility index (Phi) is 5.87. The first-order valence-electron chi connectivity index (χ1n) is 10.8. The molecule has 0 radical (unpaired) electrons. The lowest BCUT2D eigenvalue weighted by molar-refractivity contribution is -0.127. The van der Waals surface area contributed by atoms with Crippen molar-refractivity contribution in [1.29, 1.82) is 0 Å². The van der Waals surface area contributed by atoms with Crippen LogP contribution >= 0.6 is 0 Å². The van der Waals surface area contributed by atoms with E-state index in [1.54, 1.807) is 11.0 Å². The number of amides is 1. The van der Waals surface area contributed by atoms with E-state index in [2.05, 4.69) is 36.5 Å². The third-order valence-corrected chi connectivity index (χ3v) is 6.12. The number of pyridine rings is 1. The van der Waals surface area contributed by atoms with E-state index < -0.39 is 30.4 Å². The summed E-state index contributed by atoms with van der Waals surface area (Å²) in [5.41, 5.74) is 0.555. The molecule has 182 valence electrons. The van der Waals surface area contributed by atoms with Gasteiger partial charge in [-0.1, -0.05) is 6.58 Å². The van der Waals surface area contributed by atoms with E-state index in [1.807, 2.05) is 6.07 Å². The Morgan fingerprint density at radius 2 is 2.00 bits per heavy atom. The minimum atomic E-state index is -2.82. The summed E-state index contributed by atoms with van der Waals surface area (Å²) < 4.78 is 58.2. The lowest BCUT2D eigenvalue weighted by Crippen LogP contribution is -2.48. The molecule has 2 aliphatic rings. The lowest BCUT2D eigenvalue weighted by Gasteiger charge is -2.34. The van der Waals surface area contributed by atoms with Gasteiger partial charge in [-0.15, -0.1) is 0 Å². The fourth-order valence-corrected chi connectivity index (χ4v) is 4.54. The predicted molar refractivity (Wildman–Crippen MR) is 120 cm³/mol. The molecule has 2 fully saturated rings. The van der Waals surface area contributed by atoms with Gasteiger partial charge in [0, 0.05) is 13.1 Å². The number of piperazine rings is 1. The molecule has 2 saturated heterocycles. The number of carbonyl (C=O) groups is 1. The minimum absolute atomic E-state index is 0.0653. The van der Waals surface area contributed by atoms with Crippen molar-refractivity contribution >= 4 is 34.3 Å². The smallest absolute Gasteiger partial charge is 0.272 e. The van der Waals surface area contributed by atoms with E-state index >= 15 is 0 Å². The molecule has 2 aliphatic heterocycles. The van der Waals surface area contributed by atoms with Crippen LogP contribution in [0.25, 0.3) is 11.0 Å². The van der Waals surface area contributed by atoms with Crippen LogP contribution in [-0.2, 0) is 4.79 Å². The molecule has 2 atom stereocenters. The number of carbonyl (C=O) groups excluding carboxylic acids is 1. The van der Waals surface area contributed by atoms with E-state index in [9.17, 15) is 22.4 Å². The van der Waals surface area contributed by atoms with Crippen LogP contribution in [0.5, 0.6) is 5.75 Å². The fourth-order valence-electron chi connectivity index (χ4n) is 4.54. The molecule has 2 aromatic heterocycles. The molecule has 0 spiro atoms. The number of aromatic nitrogens is 3. The van der Waals surface area contributed by atoms with E-state index in [1.165, 1.54) is 18.5 Å². The first kappa shape index (κ1) is 22.8. The molecule has 0 aliphatic carbocycles. The molecule has 1 N–H and O–H groups in total. The fraction of sp³-hybridized carbons (Fsp3) is 0.304. The Balaban J connectivity index is 1.41. The topological polar surface area (TPSA) is 83.5 Å². The second-order valence-corrected chi connectivity index (χ2v) is 8.22. The van der Waals surface area contributed by atoms with Crippen LogP contribution < -0.4 is 15.0 Å². The number of halogens is 4. The van der Waals surface area contributed by atoms with Crippen LogP contribution in [0.1, 0.15) is 6.42 Å². The molecular formula is C23H20F4N6O2. The number of nitrogens with one attached hydrogen (secondary N) is 1. The Hall–Kier alpha value is -3.96. The number of alkyl halides is 2. The van der Waals surface area contributed by atoms with Crippen molar-refractivity contribution < 1.29 is 27.1 Å². The standard InChI is InChI=1S/C23H20F4N6O2/c1-2-19(34)33-9-12-7-13(33)8-32(12)18-6-4-15-22(31-18)23(29-11-28-15)30-14-3-5-16(21(27)20(14)26)35-10-17(24)25/h2-6,11-13,17H,1,7-10H2,(H,28,29,30)/t12-,13-/m0/s1. The molecular weight excluding hydrogens is 468 g/mol. The first-order valence-corrected chi connectivity index (χ1v) is 10.8. The van der Waals surface area contributed by atoms with Crippen LogP contribution in [0.15, 0.2) is 43.2 Å². The molecule has 0 saturated carbocycles. The monoisotopic (exact) mass is 488 g/mol. The summed E-state index contributed by atoms with van der Waals surface area (Å²) >= 11 is 0. The van der Waals surface area contributed by atoms with Crippen LogP contribution in [0, 0.1) is 11.6 Å². The summed E-state index contributed by atoms with van der Waals surface area (Å²) in [6.45, 7) is 3.68. The number of anilines is 3. The van der Waals surface area contributed by atoms with Crippen LogP contribution in [-0.4, -0.2) is 64.0 Å². The zero-order valence-corrected chi connectivity index (χ0v) is 18.3. The van der Waals surface area contributed by atoms with Crippen molar-refractivity contribution in [2.24, 2.45) is 0 Å². The Morgan fingerprint density at radius 3 is 2.71 bits per heavy atom. The second-order valence-electron chi connectivity index (χ2n) is 8.22. The molecule has 3 aromatic rings. The normalized spacial score (nSPS) is 19.0. The summed E-state index contributed by atoms with van der Waals surface area (Å²) in [7, 11) is 0. The molecule has 1 amide bonds. The minimum Gasteiger partial charge on any atom is -0.484 e. The number of fused-ring (bicyclic) bond motifs is 3. The quantitative estimate of drug-likeness (QED) is 0.401. The molecule has 2 bridgehead atoms. The zero-order chi connectivity index (χ0) is 24.7. The lowest BCUT2D eigenvalue weighted by atomic mass is 10.2. The molecule has 8 nitrogen and oxygen atoms in total. The number of benzene rings is 1. The van der Waals surface area contributed by atoms with E-state index in [0.29, 0.717) is 29.9 Å². The molecule has 5 rings (SSSR count). The van der Waals surface area contributed by atoms with Crippen molar-refractivity contribution in [3.8, 4) is 5.75 Å². The van der Waals surface area contributed by atoms with Crippen molar-refractivity contribution in [1.82, 2.24) is 19.9 Å². The van der Waals surface area contributed by atoms with E-state index in [0.717, 1.165) is 12.5 Å². The second kappa shape index (κ2) is 9.01. The van der Waals surface area contributed by atoms with E-state index in [-0.39, 0.29) is 29.5 Å². The summed E-state index contributed by atoms with van der Waals surface area (Å²) in [5, 5.41) is 2.71. The first-order chi connectivity index (χ1) is 16.9. The van der Waals surface area contributed by atoms with Crippen molar-refractivity contribution in [2.45, 2.75) is 24.9 Å². The predicted octanol–water partition coefficient (Wildman–Crippen LogP) is 3.67. The highest BCUT2D eigenvalue weighted by atomic mass is 19.3. The summed E-state index contributed by atoms with van der Waals surface area (Å²) in [4.78, 5) is 28.9. The van der Waals surface area contributed by atoms with Crippen LogP contribution in [0.2, 0.25) is 0 Å². The molecule has 1 aromatic carbocycles.